The smallest absolute Gasteiger partial charge is 0.478 e. The standard InChI is InChI=1S/C11H12N6O7.C9H10N6O5.C8H7NO4.C7H9N3O5.C7H5NO4.C5H7N3O3.CH3I.CH4O.4CH5P.2CH4/c1-23-11(18)24-8(6-14-4-2-12-9(14)16(19)20)7-15-5-3-13-10(15)17(21)22;16-7(5-12-3-1-10-8(12)14(17)18)6-13-4-2-11-9(13)15(19)20;1-13-8(10)6-2-4-7(5-3-6)9(11)12;1-14-7(11)15-5-4-9-3-2-8-6(9)10(12)13;9-7(10)5-1-3-6(4-2-5)8(11)12;9-4-3-7-2-1-6-5(7)8(10)11;6*1-2;;/h2-5,8H,6-7H2,1H3;1-4,7,16H,5-6H2;2-5H,1H3;2-3H,4-5H2,1H3;1-4H,(H,9,10);1-2,9H,3-4H2;1H3;2H,1H3;4*2H2,1H3;2*1H4/i;;;;;;1D;;4*1T;;. The zero-order valence-corrected chi connectivity index (χ0v) is 63.3. The van der Waals surface area contributed by atoms with Crippen LogP contribution in [0, 0.1) is 80.9 Å². The number of aromatic nitrogens is 12. The van der Waals surface area contributed by atoms with Crippen LogP contribution in [0.25, 0.3) is 0 Å². The lowest BCUT2D eigenvalue weighted by Gasteiger charge is -2.15. The van der Waals surface area contributed by atoms with Crippen LogP contribution in [0.2, 0.25) is 0 Å². The Morgan fingerprint density at radius 1 is 0.486 bits per heavy atom. The van der Waals surface area contributed by atoms with E-state index in [1.807, 2.05) is 22.6 Å². The number of ether oxygens (including phenoxy) is 5. The second-order valence-corrected chi connectivity index (χ2v) is 17.2. The summed E-state index contributed by atoms with van der Waals surface area (Å²) < 4.78 is 60.7. The van der Waals surface area contributed by atoms with Crippen LogP contribution in [0.3, 0.4) is 0 Å². The summed E-state index contributed by atoms with van der Waals surface area (Å²) in [6, 6.07) is 9.92. The highest BCUT2D eigenvalue weighted by Gasteiger charge is 2.28. The number of nitro groups is 8. The number of imidazole rings is 6. The molecule has 4 atom stereocenters. The molecule has 0 amide bonds. The van der Waals surface area contributed by atoms with E-state index in [2.05, 4.69) is 85.8 Å². The Hall–Kier alpha value is -11.3. The van der Waals surface area contributed by atoms with E-state index < -0.39 is 99.6 Å². The van der Waals surface area contributed by atoms with E-state index >= 15 is 0 Å². The minimum Gasteiger partial charge on any atom is -0.478 e. The fourth-order valence-corrected chi connectivity index (χ4v) is 6.98. The summed E-state index contributed by atoms with van der Waals surface area (Å²) >= 11 is 1.96. The molecule has 4 unspecified atom stereocenters. The molecule has 0 spiro atoms. The molecule has 0 fully saturated rings. The lowest BCUT2D eigenvalue weighted by Crippen LogP contribution is -2.29. The summed E-state index contributed by atoms with van der Waals surface area (Å²) in [6.07, 6.45) is 11.9. The van der Waals surface area contributed by atoms with Crippen LogP contribution in [0.5, 0.6) is 0 Å². The second kappa shape index (κ2) is 63.9. The maximum atomic E-state index is 11.4. The third-order valence-corrected chi connectivity index (χ3v) is 11.1. The maximum absolute atomic E-state index is 11.4. The molecule has 6 aromatic heterocycles. The topological polar surface area (TPSA) is 647 Å². The number of carboxylic acids is 1. The fraction of sp³-hybridized carbons (Fsp3) is 0.382. The molecule has 0 aliphatic rings. The van der Waals surface area contributed by atoms with Gasteiger partial charge in [0.25, 0.3) is 11.4 Å². The highest BCUT2D eigenvalue weighted by Crippen LogP contribution is 2.18. The zero-order chi connectivity index (χ0) is 86.4. The third-order valence-electron chi connectivity index (χ3n) is 11.1. The van der Waals surface area contributed by atoms with Gasteiger partial charge < -0.3 is 105 Å². The number of carboxylic acid groups (broad SMARTS) is 1. The summed E-state index contributed by atoms with van der Waals surface area (Å²) in [6.45, 7) is 1.38. The van der Waals surface area contributed by atoms with Crippen LogP contribution in [0.4, 0.5) is 56.7 Å². The van der Waals surface area contributed by atoms with E-state index in [0.29, 0.717) is 37.0 Å². The van der Waals surface area contributed by atoms with E-state index in [9.17, 15) is 105 Å². The van der Waals surface area contributed by atoms with Gasteiger partial charge >= 0.3 is 59.9 Å². The summed E-state index contributed by atoms with van der Waals surface area (Å²) in [5.74, 6) is -3.82. The lowest BCUT2D eigenvalue weighted by molar-refractivity contribution is -0.397. The molecule has 0 radical (unpaired) electrons. The van der Waals surface area contributed by atoms with Gasteiger partial charge in [-0.15, -0.1) is 37.0 Å². The first-order valence-electron chi connectivity index (χ1n) is 31.4. The number of aromatic carboxylic acids is 1. The number of aliphatic hydroxyl groups excluding tert-OH is 3. The lowest BCUT2D eigenvalue weighted by atomic mass is 10.2. The number of esters is 1. The van der Waals surface area contributed by atoms with Crippen molar-refractivity contribution in [1.82, 2.24) is 57.3 Å². The van der Waals surface area contributed by atoms with Crippen molar-refractivity contribution in [2.24, 2.45) is 0 Å². The highest BCUT2D eigenvalue weighted by atomic mass is 127. The normalized spacial score (nSPS) is 9.72. The van der Waals surface area contributed by atoms with Crippen LogP contribution in [0.1, 0.15) is 42.4 Å². The SMILES string of the molecule is C.C.CO.COC(=O)OC(Cn1ccnc1[N+](=O)[O-])Cn1ccnc1[N+](=O)[O-].COC(=O)OCCn1ccnc1[N+](=O)[O-].COC(=O)c1ccc([N+](=O)[O-])cc1.O=C(O)c1ccc([N+](=O)[O-])cc1.O=[N+]([O-])c1nccn1CC(O)Cn1ccnc1[N+](=O)[O-].O=[N+]([O-])c1nccn1CCO.[2H]CI.[3H]CP.[3H]CP.[3H]CP.[3H]CP. The third kappa shape index (κ3) is 42.0. The second-order valence-electron chi connectivity index (χ2n) is 17.2. The molecule has 49 nitrogen and oxygen atoms in total. The molecule has 0 aliphatic carbocycles. The van der Waals surface area contributed by atoms with Crippen molar-refractivity contribution in [2.75, 3.05) is 73.1 Å². The molecule has 0 saturated heterocycles. The van der Waals surface area contributed by atoms with Crippen LogP contribution in [-0.4, -0.2) is 227 Å². The number of benzene rings is 2. The largest absolute Gasteiger partial charge is 0.508 e. The van der Waals surface area contributed by atoms with E-state index in [-0.39, 0.29) is 96.2 Å². The van der Waals surface area contributed by atoms with Crippen molar-refractivity contribution in [3.05, 3.63) is 215 Å². The number of carbonyl (C=O) groups is 4. The van der Waals surface area contributed by atoms with E-state index in [0.717, 1.165) is 44.6 Å². The van der Waals surface area contributed by atoms with Crippen LogP contribution in [0.15, 0.2) is 123 Å². The summed E-state index contributed by atoms with van der Waals surface area (Å²) in [7, 11) is 13.5. The molecule has 8 rings (SSSR count). The molecule has 606 valence electrons. The number of rotatable bonds is 24. The van der Waals surface area contributed by atoms with Crippen molar-refractivity contribution in [2.45, 2.75) is 66.3 Å². The molecule has 8 aromatic rings. The minimum absolute atomic E-state index is 0. The Morgan fingerprint density at radius 2 is 0.752 bits per heavy atom. The van der Waals surface area contributed by atoms with Gasteiger partial charge in [-0.05, 0) is 58.7 Å². The van der Waals surface area contributed by atoms with Gasteiger partial charge in [0.2, 0.25) is 0 Å². The first-order valence-corrected chi connectivity index (χ1v) is 32.7. The van der Waals surface area contributed by atoms with Crippen molar-refractivity contribution >= 4 is 131 Å². The van der Waals surface area contributed by atoms with Gasteiger partial charge in [-0.3, -0.25) is 20.2 Å². The first kappa shape index (κ1) is 97.7. The van der Waals surface area contributed by atoms with Gasteiger partial charge in [0, 0.05) is 38.2 Å². The van der Waals surface area contributed by atoms with Gasteiger partial charge in [0.05, 0.1) is 55.5 Å². The van der Waals surface area contributed by atoms with Crippen molar-refractivity contribution in [3.8, 4) is 0 Å². The van der Waals surface area contributed by atoms with Gasteiger partial charge in [-0.2, -0.15) is 0 Å². The van der Waals surface area contributed by atoms with Gasteiger partial charge in [-0.1, -0.05) is 93.9 Å². The number of hydrogen-bond donors (Lipinski definition) is 4. The highest BCUT2D eigenvalue weighted by molar-refractivity contribution is 14.1. The predicted octanol–water partition coefficient (Wildman–Crippen LogP) is 7.63. The number of non-ortho nitro benzene ring substituents is 2. The summed E-state index contributed by atoms with van der Waals surface area (Å²) in [5.41, 5.74) is 0.182. The van der Waals surface area contributed by atoms with Gasteiger partial charge in [-0.25, -0.2) is 46.6 Å². The van der Waals surface area contributed by atoms with Crippen molar-refractivity contribution in [3.63, 3.8) is 0 Å². The van der Waals surface area contributed by atoms with Crippen molar-refractivity contribution in [1.29, 1.82) is 0 Å². The van der Waals surface area contributed by atoms with Crippen molar-refractivity contribution < 1.29 is 110 Å². The van der Waals surface area contributed by atoms with E-state index in [1.165, 1.54) is 134 Å². The number of hydrogen-bond acceptors (Lipinski definition) is 34. The molecule has 0 aliphatic heterocycles. The van der Waals surface area contributed by atoms with E-state index in [4.69, 9.17) is 26.9 Å². The number of aliphatic hydroxyl groups is 3. The molecule has 6 heterocycles. The Kier molecular flexibility index (Phi) is 57.3. The number of methoxy groups -OCH3 is 3. The molecule has 0 saturated carbocycles. The number of alkyl halides is 1. The Labute approximate surface area is 649 Å². The summed E-state index contributed by atoms with van der Waals surface area (Å²) in [4.78, 5) is 144. The predicted molar refractivity (Wildman–Crippen MR) is 411 cm³/mol. The fourth-order valence-electron chi connectivity index (χ4n) is 6.98. The average molecular weight is 1750 g/mol. The molecular formula is C55H85IN20O29P4. The van der Waals surface area contributed by atoms with Crippen LogP contribution < -0.4 is 0 Å². The number of halogens is 1. The van der Waals surface area contributed by atoms with E-state index in [1.54, 1.807) is 0 Å². The minimum atomic E-state index is -1.09. The molecule has 0 bridgehead atoms. The first-order chi connectivity index (χ1) is 53.1. The molecular weight excluding hydrogens is 1660 g/mol. The molecule has 54 heteroatoms. The Morgan fingerprint density at radius 3 is 1.01 bits per heavy atom. The molecule has 4 N–H and O–H groups in total. The quantitative estimate of drug-likeness (QED) is 0.00858. The summed E-state index contributed by atoms with van der Waals surface area (Å²) in [5, 5.41) is 118. The zero-order valence-electron chi connectivity index (χ0n) is 61.5. The Bertz CT molecular complexity index is 3930. The number of carbonyl (C=O) groups excluding carboxylic acids is 3. The van der Waals surface area contributed by atoms with Crippen LogP contribution in [-0.2, 0) is 63.0 Å². The van der Waals surface area contributed by atoms with Gasteiger partial charge in [0.1, 0.15) is 120 Å². The molecule has 109 heavy (non-hydrogen) atoms. The van der Waals surface area contributed by atoms with Gasteiger partial charge in [0.15, 0.2) is 6.10 Å². The Balaban J connectivity index is -0.000000298. The van der Waals surface area contributed by atoms with Crippen LogP contribution >= 0.6 is 59.6 Å². The average Bonchev–Trinajstić information content (AvgIpc) is 1.56. The number of nitro benzene ring substituents is 2. The number of nitrogens with zero attached hydrogens (tertiary/aromatic N) is 20. The maximum Gasteiger partial charge on any atom is 0.508 e. The molecule has 2 aromatic carbocycles. The monoisotopic (exact) mass is 1750 g/mol.